The number of hydrogen-bond donors (Lipinski definition) is 2. The van der Waals surface area contributed by atoms with Crippen molar-refractivity contribution in [3.8, 4) is 11.3 Å². The zero-order valence-corrected chi connectivity index (χ0v) is 19.1. The molecule has 5 rings (SSSR count). The first-order chi connectivity index (χ1) is 16.7. The number of anilines is 1. The van der Waals surface area contributed by atoms with E-state index in [-0.39, 0.29) is 17.2 Å². The summed E-state index contributed by atoms with van der Waals surface area (Å²) in [6, 6.07) is 30.8. The highest BCUT2D eigenvalue weighted by molar-refractivity contribution is 7.99. The van der Waals surface area contributed by atoms with Gasteiger partial charge in [0.25, 0.3) is 5.56 Å². The third-order valence-corrected chi connectivity index (χ3v) is 6.34. The van der Waals surface area contributed by atoms with Crippen LogP contribution in [0.1, 0.15) is 5.56 Å². The summed E-state index contributed by atoms with van der Waals surface area (Å²) >= 11 is 1.25. The average Bonchev–Trinajstić information content (AvgIpc) is 3.31. The lowest BCUT2D eigenvalue weighted by Gasteiger charge is -2.12. The first-order valence-electron chi connectivity index (χ1n) is 10.9. The number of aromatic nitrogens is 3. The number of amides is 1. The molecular weight excluding hydrogens is 444 g/mol. The van der Waals surface area contributed by atoms with Gasteiger partial charge < -0.3 is 10.3 Å². The largest absolute Gasteiger partial charge is 0.349 e. The number of fused-ring (bicyclic) bond motifs is 1. The van der Waals surface area contributed by atoms with Crippen LogP contribution >= 0.6 is 11.8 Å². The summed E-state index contributed by atoms with van der Waals surface area (Å²) in [7, 11) is 0. The Hall–Kier alpha value is -4.10. The number of hydrogen-bond acceptors (Lipinski definition) is 4. The van der Waals surface area contributed by atoms with Gasteiger partial charge in [-0.15, -0.1) is 0 Å². The van der Waals surface area contributed by atoms with E-state index in [1.807, 2.05) is 97.1 Å². The van der Waals surface area contributed by atoms with Gasteiger partial charge in [0.05, 0.1) is 17.8 Å². The summed E-state index contributed by atoms with van der Waals surface area (Å²) in [5, 5.41) is 3.38. The van der Waals surface area contributed by atoms with Crippen LogP contribution in [-0.2, 0) is 11.3 Å². The fourth-order valence-corrected chi connectivity index (χ4v) is 4.52. The lowest BCUT2D eigenvalue weighted by atomic mass is 10.2. The third kappa shape index (κ3) is 4.79. The fourth-order valence-electron chi connectivity index (χ4n) is 3.72. The van der Waals surface area contributed by atoms with E-state index in [2.05, 4.69) is 10.3 Å². The van der Waals surface area contributed by atoms with Gasteiger partial charge in [-0.05, 0) is 29.3 Å². The second kappa shape index (κ2) is 9.80. The first kappa shape index (κ1) is 21.7. The smallest absolute Gasteiger partial charge is 0.278 e. The van der Waals surface area contributed by atoms with Crippen molar-refractivity contribution in [1.82, 2.24) is 14.5 Å². The molecule has 0 fully saturated rings. The Kier molecular flexibility index (Phi) is 6.27. The van der Waals surface area contributed by atoms with E-state index in [4.69, 9.17) is 4.98 Å². The van der Waals surface area contributed by atoms with E-state index in [0.717, 1.165) is 22.5 Å². The van der Waals surface area contributed by atoms with Crippen LogP contribution in [0.3, 0.4) is 0 Å². The second-order valence-electron chi connectivity index (χ2n) is 7.78. The SMILES string of the molecule is O=C(CSc1nc2cc(-c3ccccc3)[nH]c2c(=O)n1Cc1ccccc1)Nc1ccccc1. The van der Waals surface area contributed by atoms with Gasteiger partial charge in [0.1, 0.15) is 5.52 Å². The predicted molar refractivity (Wildman–Crippen MR) is 137 cm³/mol. The number of para-hydroxylation sites is 1. The molecule has 0 spiro atoms. The Labute approximate surface area is 200 Å². The number of rotatable bonds is 7. The molecule has 0 bridgehead atoms. The average molecular weight is 467 g/mol. The molecule has 0 unspecified atom stereocenters. The molecule has 34 heavy (non-hydrogen) atoms. The molecule has 3 aromatic carbocycles. The predicted octanol–water partition coefficient (Wildman–Crippen LogP) is 5.17. The van der Waals surface area contributed by atoms with E-state index in [1.165, 1.54) is 11.8 Å². The standard InChI is InChI=1S/C27H22N4O2S/c32-24(28-21-14-8-3-9-15-21)18-34-27-30-23-16-22(20-12-6-2-7-13-20)29-25(23)26(33)31(27)17-19-10-4-1-5-11-19/h1-16,29H,17-18H2,(H,28,32). The monoisotopic (exact) mass is 466 g/mol. The summed E-state index contributed by atoms with van der Waals surface area (Å²) in [5.41, 5.74) is 4.39. The van der Waals surface area contributed by atoms with E-state index in [9.17, 15) is 9.59 Å². The quantitative estimate of drug-likeness (QED) is 0.256. The van der Waals surface area contributed by atoms with Crippen LogP contribution in [0.2, 0.25) is 0 Å². The molecule has 5 aromatic rings. The Balaban J connectivity index is 1.49. The van der Waals surface area contributed by atoms with Crippen molar-refractivity contribution in [2.45, 2.75) is 11.7 Å². The third-order valence-electron chi connectivity index (χ3n) is 5.36. The van der Waals surface area contributed by atoms with E-state index >= 15 is 0 Å². The van der Waals surface area contributed by atoms with Crippen molar-refractivity contribution in [2.24, 2.45) is 0 Å². The number of carbonyl (C=O) groups excluding carboxylic acids is 1. The van der Waals surface area contributed by atoms with Crippen molar-refractivity contribution < 1.29 is 4.79 Å². The van der Waals surface area contributed by atoms with Gasteiger partial charge in [0, 0.05) is 11.4 Å². The molecule has 168 valence electrons. The summed E-state index contributed by atoms with van der Waals surface area (Å²) in [6.45, 7) is 0.366. The van der Waals surface area contributed by atoms with Crippen LogP contribution in [0, 0.1) is 0 Å². The van der Waals surface area contributed by atoms with Gasteiger partial charge in [0.15, 0.2) is 5.16 Å². The normalized spacial score (nSPS) is 10.9. The van der Waals surface area contributed by atoms with Gasteiger partial charge in [-0.3, -0.25) is 14.2 Å². The van der Waals surface area contributed by atoms with Crippen molar-refractivity contribution in [2.75, 3.05) is 11.1 Å². The Morgan fingerprint density at radius 3 is 2.26 bits per heavy atom. The molecule has 7 heteroatoms. The minimum atomic E-state index is -0.165. The fraction of sp³-hybridized carbons (Fsp3) is 0.0741. The van der Waals surface area contributed by atoms with Crippen LogP contribution in [0.4, 0.5) is 5.69 Å². The highest BCUT2D eigenvalue weighted by atomic mass is 32.2. The molecule has 2 aromatic heterocycles. The molecule has 0 aliphatic carbocycles. The van der Waals surface area contributed by atoms with Crippen LogP contribution in [0.5, 0.6) is 0 Å². The van der Waals surface area contributed by atoms with E-state index in [0.29, 0.717) is 22.7 Å². The first-order valence-corrected chi connectivity index (χ1v) is 11.9. The maximum absolute atomic E-state index is 13.5. The highest BCUT2D eigenvalue weighted by Gasteiger charge is 2.16. The Morgan fingerprint density at radius 1 is 0.912 bits per heavy atom. The zero-order valence-electron chi connectivity index (χ0n) is 18.3. The van der Waals surface area contributed by atoms with Crippen LogP contribution in [0.25, 0.3) is 22.3 Å². The molecule has 0 atom stereocenters. The number of carbonyl (C=O) groups is 1. The Morgan fingerprint density at radius 2 is 1.56 bits per heavy atom. The van der Waals surface area contributed by atoms with Gasteiger partial charge >= 0.3 is 0 Å². The molecule has 1 amide bonds. The lowest BCUT2D eigenvalue weighted by molar-refractivity contribution is -0.113. The molecule has 6 nitrogen and oxygen atoms in total. The van der Waals surface area contributed by atoms with Crippen molar-refractivity contribution in [1.29, 1.82) is 0 Å². The minimum Gasteiger partial charge on any atom is -0.349 e. The van der Waals surface area contributed by atoms with Crippen molar-refractivity contribution in [3.05, 3.63) is 113 Å². The number of thioether (sulfide) groups is 1. The maximum Gasteiger partial charge on any atom is 0.278 e. The number of nitrogens with one attached hydrogen (secondary N) is 2. The number of nitrogens with zero attached hydrogens (tertiary/aromatic N) is 2. The topological polar surface area (TPSA) is 79.8 Å². The molecule has 0 aliphatic heterocycles. The number of aromatic amines is 1. The van der Waals surface area contributed by atoms with Crippen LogP contribution in [-0.4, -0.2) is 26.2 Å². The van der Waals surface area contributed by atoms with Crippen molar-refractivity contribution >= 4 is 34.4 Å². The molecule has 0 radical (unpaired) electrons. The second-order valence-corrected chi connectivity index (χ2v) is 8.73. The molecule has 0 saturated carbocycles. The summed E-state index contributed by atoms with van der Waals surface area (Å²) in [4.78, 5) is 34.1. The molecular formula is C27H22N4O2S. The molecule has 2 heterocycles. The van der Waals surface area contributed by atoms with Gasteiger partial charge in [-0.1, -0.05) is 90.6 Å². The zero-order chi connectivity index (χ0) is 23.3. The minimum absolute atomic E-state index is 0.137. The Bertz CT molecular complexity index is 1480. The van der Waals surface area contributed by atoms with E-state index < -0.39 is 0 Å². The summed E-state index contributed by atoms with van der Waals surface area (Å²) in [6.07, 6.45) is 0. The number of H-pyrrole nitrogens is 1. The van der Waals surface area contributed by atoms with Crippen LogP contribution in [0.15, 0.2) is 107 Å². The highest BCUT2D eigenvalue weighted by Crippen LogP contribution is 2.24. The summed E-state index contributed by atoms with van der Waals surface area (Å²) < 4.78 is 1.63. The van der Waals surface area contributed by atoms with Gasteiger partial charge in [0.2, 0.25) is 5.91 Å². The molecule has 2 N–H and O–H groups in total. The van der Waals surface area contributed by atoms with Gasteiger partial charge in [-0.2, -0.15) is 0 Å². The maximum atomic E-state index is 13.5. The lowest BCUT2D eigenvalue weighted by Crippen LogP contribution is -2.25. The van der Waals surface area contributed by atoms with Crippen molar-refractivity contribution in [3.63, 3.8) is 0 Å². The summed E-state index contributed by atoms with van der Waals surface area (Å²) in [5.74, 6) is -0.0201. The number of benzene rings is 3. The molecule has 0 aliphatic rings. The van der Waals surface area contributed by atoms with Crippen LogP contribution < -0.4 is 10.9 Å². The molecule has 0 saturated heterocycles. The van der Waals surface area contributed by atoms with Gasteiger partial charge in [-0.25, -0.2) is 4.98 Å². The van der Waals surface area contributed by atoms with E-state index in [1.54, 1.807) is 4.57 Å².